The molecule has 0 unspecified atom stereocenters. The second kappa shape index (κ2) is 5.22. The Morgan fingerprint density at radius 2 is 2.05 bits per heavy atom. The van der Waals surface area contributed by atoms with E-state index >= 15 is 0 Å². The molecule has 3 rings (SSSR count). The number of benzene rings is 1. The molecule has 2 aliphatic rings. The highest BCUT2D eigenvalue weighted by atomic mass is 16.3. The number of hydrogen-bond donors (Lipinski definition) is 2. The summed E-state index contributed by atoms with van der Waals surface area (Å²) in [5, 5.41) is 12.2. The second-order valence-corrected chi connectivity index (χ2v) is 5.37. The SMILES string of the molecule is C=CCN1CC2=C(C1=O)[C@@H](c1ccc(O)cc1)NC(=O)N2C. The largest absolute Gasteiger partial charge is 0.508 e. The molecule has 6 nitrogen and oxygen atoms in total. The third-order valence-electron chi connectivity index (χ3n) is 4.01. The van der Waals surface area contributed by atoms with Crippen molar-refractivity contribution in [2.24, 2.45) is 0 Å². The Hall–Kier alpha value is -2.76. The molecule has 22 heavy (non-hydrogen) atoms. The maximum absolute atomic E-state index is 12.6. The summed E-state index contributed by atoms with van der Waals surface area (Å²) in [5.74, 6) is 0.0445. The molecule has 1 aromatic carbocycles. The molecule has 2 heterocycles. The molecule has 6 heteroatoms. The number of carbonyl (C=O) groups excluding carboxylic acids is 2. The third kappa shape index (κ3) is 2.13. The van der Waals surface area contributed by atoms with Crippen LogP contribution in [0.1, 0.15) is 11.6 Å². The summed E-state index contributed by atoms with van der Waals surface area (Å²) < 4.78 is 0. The zero-order valence-corrected chi connectivity index (χ0v) is 12.2. The van der Waals surface area contributed by atoms with Gasteiger partial charge in [0.05, 0.1) is 23.9 Å². The lowest BCUT2D eigenvalue weighted by atomic mass is 9.96. The fraction of sp³-hybridized carbons (Fsp3) is 0.250. The summed E-state index contributed by atoms with van der Waals surface area (Å²) in [6, 6.07) is 5.76. The number of aromatic hydroxyl groups is 1. The molecule has 2 N–H and O–H groups in total. The number of nitrogens with zero attached hydrogens (tertiary/aromatic N) is 2. The number of nitrogens with one attached hydrogen (secondary N) is 1. The Labute approximate surface area is 128 Å². The van der Waals surface area contributed by atoms with Gasteiger partial charge in [0, 0.05) is 13.6 Å². The quantitative estimate of drug-likeness (QED) is 0.828. The molecule has 0 aromatic heterocycles. The average molecular weight is 299 g/mol. The van der Waals surface area contributed by atoms with Crippen LogP contribution in [0.2, 0.25) is 0 Å². The number of urea groups is 1. The summed E-state index contributed by atoms with van der Waals surface area (Å²) in [7, 11) is 1.66. The first-order valence-corrected chi connectivity index (χ1v) is 6.99. The zero-order valence-electron chi connectivity index (χ0n) is 12.2. The fourth-order valence-corrected chi connectivity index (χ4v) is 2.84. The van der Waals surface area contributed by atoms with E-state index in [2.05, 4.69) is 11.9 Å². The van der Waals surface area contributed by atoms with Crippen LogP contribution in [0.25, 0.3) is 0 Å². The number of amides is 3. The van der Waals surface area contributed by atoms with Crippen LogP contribution in [-0.2, 0) is 4.79 Å². The first-order chi connectivity index (χ1) is 10.5. The number of phenols is 1. The highest BCUT2D eigenvalue weighted by Gasteiger charge is 2.42. The fourth-order valence-electron chi connectivity index (χ4n) is 2.84. The van der Waals surface area contributed by atoms with Gasteiger partial charge in [-0.05, 0) is 17.7 Å². The molecule has 114 valence electrons. The molecule has 2 aliphatic heterocycles. The summed E-state index contributed by atoms with van der Waals surface area (Å²) in [5.41, 5.74) is 2.06. The minimum atomic E-state index is -0.499. The van der Waals surface area contributed by atoms with Gasteiger partial charge in [0.25, 0.3) is 5.91 Å². The van der Waals surface area contributed by atoms with Crippen LogP contribution in [0.15, 0.2) is 48.2 Å². The van der Waals surface area contributed by atoms with Gasteiger partial charge in [0.1, 0.15) is 5.75 Å². The molecule has 0 radical (unpaired) electrons. The number of phenolic OH excluding ortho intramolecular Hbond substituents is 1. The lowest BCUT2D eigenvalue weighted by molar-refractivity contribution is -0.125. The van der Waals surface area contributed by atoms with Crippen LogP contribution in [0, 0.1) is 0 Å². The highest BCUT2D eigenvalue weighted by molar-refractivity contribution is 6.01. The maximum Gasteiger partial charge on any atom is 0.322 e. The van der Waals surface area contributed by atoms with Crippen molar-refractivity contribution < 1.29 is 14.7 Å². The topological polar surface area (TPSA) is 72.9 Å². The standard InChI is InChI=1S/C16H17N3O3/c1-3-8-19-9-12-13(15(19)21)14(17-16(22)18(12)2)10-4-6-11(20)7-5-10/h3-7,14,20H,1,8-9H2,2H3,(H,17,22)/t14-/m1/s1. The second-order valence-electron chi connectivity index (χ2n) is 5.37. The Morgan fingerprint density at radius 1 is 1.36 bits per heavy atom. The summed E-state index contributed by atoms with van der Waals surface area (Å²) in [4.78, 5) is 27.9. The van der Waals surface area contributed by atoms with Crippen LogP contribution in [0.3, 0.4) is 0 Å². The van der Waals surface area contributed by atoms with E-state index in [0.29, 0.717) is 24.4 Å². The number of rotatable bonds is 3. The summed E-state index contributed by atoms with van der Waals surface area (Å²) in [6.07, 6.45) is 1.67. The van der Waals surface area contributed by atoms with Gasteiger partial charge in [-0.3, -0.25) is 9.69 Å². The van der Waals surface area contributed by atoms with E-state index < -0.39 is 6.04 Å². The van der Waals surface area contributed by atoms with Gasteiger partial charge >= 0.3 is 6.03 Å². The smallest absolute Gasteiger partial charge is 0.322 e. The van der Waals surface area contributed by atoms with Crippen LogP contribution < -0.4 is 5.32 Å². The van der Waals surface area contributed by atoms with Crippen molar-refractivity contribution in [1.29, 1.82) is 0 Å². The first kappa shape index (κ1) is 14.2. The zero-order chi connectivity index (χ0) is 15.9. The predicted molar refractivity (Wildman–Crippen MR) is 80.9 cm³/mol. The number of hydrogen-bond acceptors (Lipinski definition) is 3. The van der Waals surface area contributed by atoms with E-state index in [1.807, 2.05) is 0 Å². The van der Waals surface area contributed by atoms with Gasteiger partial charge in [-0.2, -0.15) is 0 Å². The van der Waals surface area contributed by atoms with Crippen molar-refractivity contribution in [1.82, 2.24) is 15.1 Å². The molecule has 1 aromatic rings. The van der Waals surface area contributed by atoms with E-state index in [4.69, 9.17) is 0 Å². The average Bonchev–Trinajstić information content (AvgIpc) is 2.82. The molecule has 0 saturated carbocycles. The Morgan fingerprint density at radius 3 is 2.68 bits per heavy atom. The van der Waals surface area contributed by atoms with Gasteiger partial charge in [0.2, 0.25) is 0 Å². The molecule has 0 aliphatic carbocycles. The van der Waals surface area contributed by atoms with E-state index in [0.717, 1.165) is 5.56 Å². The van der Waals surface area contributed by atoms with Crippen molar-refractivity contribution in [3.05, 3.63) is 53.8 Å². The Balaban J connectivity index is 2.03. The maximum atomic E-state index is 12.6. The van der Waals surface area contributed by atoms with Crippen molar-refractivity contribution in [3.63, 3.8) is 0 Å². The van der Waals surface area contributed by atoms with Gasteiger partial charge in [0.15, 0.2) is 0 Å². The summed E-state index contributed by atoms with van der Waals surface area (Å²) in [6.45, 7) is 4.50. The van der Waals surface area contributed by atoms with Crippen molar-refractivity contribution in [2.75, 3.05) is 20.1 Å². The van der Waals surface area contributed by atoms with E-state index in [1.165, 1.54) is 4.90 Å². The first-order valence-electron chi connectivity index (χ1n) is 6.99. The van der Waals surface area contributed by atoms with Crippen molar-refractivity contribution in [2.45, 2.75) is 6.04 Å². The van der Waals surface area contributed by atoms with E-state index in [-0.39, 0.29) is 17.7 Å². The highest BCUT2D eigenvalue weighted by Crippen LogP contribution is 2.35. The predicted octanol–water partition coefficient (Wildman–Crippen LogP) is 1.37. The summed E-state index contributed by atoms with van der Waals surface area (Å²) >= 11 is 0. The molecule has 0 spiro atoms. The molecular formula is C16H17N3O3. The molecular weight excluding hydrogens is 282 g/mol. The molecule has 0 bridgehead atoms. The van der Waals surface area contributed by atoms with Crippen LogP contribution in [0.4, 0.5) is 4.79 Å². The molecule has 0 fully saturated rings. The molecule has 3 amide bonds. The molecule has 0 saturated heterocycles. The number of likely N-dealkylation sites (N-methyl/N-ethyl adjacent to an activating group) is 1. The monoisotopic (exact) mass is 299 g/mol. The van der Waals surface area contributed by atoms with Crippen LogP contribution in [-0.4, -0.2) is 47.0 Å². The van der Waals surface area contributed by atoms with Crippen molar-refractivity contribution >= 4 is 11.9 Å². The lowest BCUT2D eigenvalue weighted by Gasteiger charge is -2.31. The van der Waals surface area contributed by atoms with Gasteiger partial charge in [-0.1, -0.05) is 18.2 Å². The number of carbonyl (C=O) groups is 2. The van der Waals surface area contributed by atoms with Crippen LogP contribution >= 0.6 is 0 Å². The van der Waals surface area contributed by atoms with Crippen LogP contribution in [0.5, 0.6) is 5.75 Å². The Bertz CT molecular complexity index is 678. The van der Waals surface area contributed by atoms with E-state index in [1.54, 1.807) is 42.3 Å². The van der Waals surface area contributed by atoms with Gasteiger partial charge in [-0.25, -0.2) is 4.79 Å². The molecule has 1 atom stereocenters. The third-order valence-corrected chi connectivity index (χ3v) is 4.01. The van der Waals surface area contributed by atoms with Gasteiger partial charge in [-0.15, -0.1) is 6.58 Å². The Kier molecular flexibility index (Phi) is 3.36. The van der Waals surface area contributed by atoms with Crippen molar-refractivity contribution in [3.8, 4) is 5.75 Å². The normalized spacial score (nSPS) is 21.0. The van der Waals surface area contributed by atoms with E-state index in [9.17, 15) is 14.7 Å². The minimum absolute atomic E-state index is 0.0974. The van der Waals surface area contributed by atoms with Gasteiger partial charge < -0.3 is 15.3 Å². The lowest BCUT2D eigenvalue weighted by Crippen LogP contribution is -2.45. The minimum Gasteiger partial charge on any atom is -0.508 e.